The van der Waals surface area contributed by atoms with Crippen LogP contribution in [0.3, 0.4) is 0 Å². The van der Waals surface area contributed by atoms with E-state index in [1.165, 1.54) is 0 Å². The van der Waals surface area contributed by atoms with Crippen LogP contribution >= 0.6 is 0 Å². The second-order valence-corrected chi connectivity index (χ2v) is 7.29. The number of nitrogens with two attached hydrogens (primary N) is 1. The standard InChI is InChI=1S/C16H35N3O/c1-12(2)10-19(11-13(3)4)9-8-16(7,15(17)20)18-14(5)6/h12-14,18H,8-11H2,1-7H3,(H2,17,20). The topological polar surface area (TPSA) is 58.4 Å². The molecule has 20 heavy (non-hydrogen) atoms. The summed E-state index contributed by atoms with van der Waals surface area (Å²) >= 11 is 0. The normalized spacial score (nSPS) is 15.3. The van der Waals surface area contributed by atoms with E-state index < -0.39 is 5.54 Å². The van der Waals surface area contributed by atoms with Crippen molar-refractivity contribution in [2.24, 2.45) is 17.6 Å². The van der Waals surface area contributed by atoms with E-state index >= 15 is 0 Å². The van der Waals surface area contributed by atoms with Gasteiger partial charge in [0.2, 0.25) is 5.91 Å². The highest BCUT2D eigenvalue weighted by Crippen LogP contribution is 2.13. The van der Waals surface area contributed by atoms with E-state index in [9.17, 15) is 4.79 Å². The molecule has 3 N–H and O–H groups in total. The van der Waals surface area contributed by atoms with E-state index in [0.717, 1.165) is 26.1 Å². The monoisotopic (exact) mass is 285 g/mol. The lowest BCUT2D eigenvalue weighted by atomic mass is 9.95. The van der Waals surface area contributed by atoms with E-state index in [1.54, 1.807) is 0 Å². The third-order valence-corrected chi connectivity index (χ3v) is 3.33. The second-order valence-electron chi connectivity index (χ2n) is 7.29. The highest BCUT2D eigenvalue weighted by Gasteiger charge is 2.31. The average molecular weight is 285 g/mol. The molecule has 0 aliphatic heterocycles. The van der Waals surface area contributed by atoms with Crippen LogP contribution in [0.15, 0.2) is 0 Å². The molecule has 0 heterocycles. The molecule has 1 amide bonds. The molecule has 1 atom stereocenters. The fraction of sp³-hybridized carbons (Fsp3) is 0.938. The molecular formula is C16H35N3O. The van der Waals surface area contributed by atoms with Gasteiger partial charge in [0.1, 0.15) is 0 Å². The number of carbonyl (C=O) groups excluding carboxylic acids is 1. The fourth-order valence-corrected chi connectivity index (χ4v) is 2.58. The molecule has 0 bridgehead atoms. The van der Waals surface area contributed by atoms with Crippen molar-refractivity contribution < 1.29 is 4.79 Å². The zero-order valence-corrected chi connectivity index (χ0v) is 14.5. The summed E-state index contributed by atoms with van der Waals surface area (Å²) in [6, 6.07) is 0.246. The maximum Gasteiger partial charge on any atom is 0.237 e. The Labute approximate surface area is 125 Å². The van der Waals surface area contributed by atoms with Crippen LogP contribution in [0.5, 0.6) is 0 Å². The van der Waals surface area contributed by atoms with Crippen molar-refractivity contribution in [3.63, 3.8) is 0 Å². The Morgan fingerprint density at radius 2 is 1.55 bits per heavy atom. The number of rotatable bonds is 10. The largest absolute Gasteiger partial charge is 0.368 e. The molecule has 0 aliphatic rings. The molecule has 0 radical (unpaired) electrons. The van der Waals surface area contributed by atoms with Gasteiger partial charge in [-0.1, -0.05) is 27.7 Å². The lowest BCUT2D eigenvalue weighted by Gasteiger charge is -2.33. The van der Waals surface area contributed by atoms with Gasteiger partial charge in [-0.05, 0) is 39.0 Å². The lowest BCUT2D eigenvalue weighted by Crippen LogP contribution is -2.57. The molecule has 4 nitrogen and oxygen atoms in total. The lowest BCUT2D eigenvalue weighted by molar-refractivity contribution is -0.124. The van der Waals surface area contributed by atoms with Gasteiger partial charge in [0.15, 0.2) is 0 Å². The molecule has 0 saturated carbocycles. The van der Waals surface area contributed by atoms with Gasteiger partial charge in [0.25, 0.3) is 0 Å². The molecule has 1 unspecified atom stereocenters. The number of hydrogen-bond acceptors (Lipinski definition) is 3. The molecule has 0 aromatic rings. The van der Waals surface area contributed by atoms with Crippen LogP contribution in [-0.2, 0) is 4.79 Å². The summed E-state index contributed by atoms with van der Waals surface area (Å²) in [5, 5.41) is 3.32. The smallest absolute Gasteiger partial charge is 0.237 e. The van der Waals surface area contributed by atoms with Crippen molar-refractivity contribution in [1.82, 2.24) is 10.2 Å². The van der Waals surface area contributed by atoms with E-state index in [-0.39, 0.29) is 11.9 Å². The Bertz CT molecular complexity index is 279. The Hall–Kier alpha value is -0.610. The quantitative estimate of drug-likeness (QED) is 0.647. The molecule has 0 aromatic heterocycles. The van der Waals surface area contributed by atoms with E-state index in [2.05, 4.69) is 37.9 Å². The van der Waals surface area contributed by atoms with Crippen molar-refractivity contribution in [3.8, 4) is 0 Å². The maximum atomic E-state index is 11.8. The predicted molar refractivity (Wildman–Crippen MR) is 86.6 cm³/mol. The summed E-state index contributed by atoms with van der Waals surface area (Å²) in [6.45, 7) is 17.9. The number of carbonyl (C=O) groups is 1. The summed E-state index contributed by atoms with van der Waals surface area (Å²) in [6.07, 6.45) is 0.750. The van der Waals surface area contributed by atoms with Gasteiger partial charge >= 0.3 is 0 Å². The van der Waals surface area contributed by atoms with Gasteiger partial charge in [0.05, 0.1) is 5.54 Å². The number of hydrogen-bond donors (Lipinski definition) is 2. The Morgan fingerprint density at radius 3 is 1.85 bits per heavy atom. The highest BCUT2D eigenvalue weighted by molar-refractivity contribution is 5.84. The van der Waals surface area contributed by atoms with E-state index in [1.807, 2.05) is 20.8 Å². The van der Waals surface area contributed by atoms with E-state index in [4.69, 9.17) is 5.73 Å². The van der Waals surface area contributed by atoms with Gasteiger partial charge in [-0.25, -0.2) is 0 Å². The van der Waals surface area contributed by atoms with Crippen LogP contribution in [-0.4, -0.2) is 42.0 Å². The molecule has 0 rings (SSSR count). The van der Waals surface area contributed by atoms with Crippen LogP contribution in [0.1, 0.15) is 54.9 Å². The predicted octanol–water partition coefficient (Wildman–Crippen LogP) is 2.23. The van der Waals surface area contributed by atoms with Crippen LogP contribution in [0.4, 0.5) is 0 Å². The summed E-state index contributed by atoms with van der Waals surface area (Å²) in [5.74, 6) is 0.999. The third-order valence-electron chi connectivity index (χ3n) is 3.33. The zero-order valence-electron chi connectivity index (χ0n) is 14.5. The van der Waals surface area contributed by atoms with Gasteiger partial charge in [-0.15, -0.1) is 0 Å². The summed E-state index contributed by atoms with van der Waals surface area (Å²) in [4.78, 5) is 14.2. The SMILES string of the molecule is CC(C)CN(CCC(C)(NC(C)C)C(N)=O)CC(C)C. The van der Waals surface area contributed by atoms with Crippen LogP contribution < -0.4 is 11.1 Å². The Morgan fingerprint density at radius 1 is 1.10 bits per heavy atom. The van der Waals surface area contributed by atoms with Gasteiger partial charge in [-0.2, -0.15) is 0 Å². The zero-order chi connectivity index (χ0) is 15.9. The number of primary amides is 1. The van der Waals surface area contributed by atoms with Crippen molar-refractivity contribution in [3.05, 3.63) is 0 Å². The molecule has 0 spiro atoms. The molecule has 0 fully saturated rings. The van der Waals surface area contributed by atoms with Crippen molar-refractivity contribution >= 4 is 5.91 Å². The number of nitrogens with zero attached hydrogens (tertiary/aromatic N) is 1. The first-order valence-corrected chi connectivity index (χ1v) is 7.86. The van der Waals surface area contributed by atoms with Crippen molar-refractivity contribution in [2.45, 2.75) is 66.5 Å². The summed E-state index contributed by atoms with van der Waals surface area (Å²) in [5.41, 5.74) is 4.96. The average Bonchev–Trinajstić information content (AvgIpc) is 2.23. The molecule has 0 saturated heterocycles. The minimum absolute atomic E-state index is 0.246. The van der Waals surface area contributed by atoms with Gasteiger partial charge in [0, 0.05) is 25.7 Å². The molecule has 120 valence electrons. The number of amides is 1. The highest BCUT2D eigenvalue weighted by atomic mass is 16.1. The van der Waals surface area contributed by atoms with Crippen molar-refractivity contribution in [2.75, 3.05) is 19.6 Å². The molecular weight excluding hydrogens is 250 g/mol. The first-order chi connectivity index (χ1) is 9.06. The van der Waals surface area contributed by atoms with Gasteiger partial charge in [-0.3, -0.25) is 4.79 Å². The second kappa shape index (κ2) is 8.63. The minimum atomic E-state index is -0.625. The molecule has 0 aromatic carbocycles. The van der Waals surface area contributed by atoms with E-state index in [0.29, 0.717) is 11.8 Å². The van der Waals surface area contributed by atoms with Crippen molar-refractivity contribution in [1.29, 1.82) is 0 Å². The first-order valence-electron chi connectivity index (χ1n) is 7.86. The maximum absolute atomic E-state index is 11.8. The van der Waals surface area contributed by atoms with Crippen LogP contribution in [0.25, 0.3) is 0 Å². The first kappa shape index (κ1) is 19.4. The number of nitrogens with one attached hydrogen (secondary N) is 1. The fourth-order valence-electron chi connectivity index (χ4n) is 2.58. The molecule has 0 aliphatic carbocycles. The van der Waals surface area contributed by atoms with Gasteiger partial charge < -0.3 is 16.0 Å². The van der Waals surface area contributed by atoms with Crippen LogP contribution in [0.2, 0.25) is 0 Å². The third kappa shape index (κ3) is 7.85. The summed E-state index contributed by atoms with van der Waals surface area (Å²) in [7, 11) is 0. The Kier molecular flexibility index (Phi) is 8.36. The molecule has 4 heteroatoms. The van der Waals surface area contributed by atoms with Crippen LogP contribution in [0, 0.1) is 11.8 Å². The Balaban J connectivity index is 4.64. The summed E-state index contributed by atoms with van der Waals surface area (Å²) < 4.78 is 0. The minimum Gasteiger partial charge on any atom is -0.368 e.